The Kier molecular flexibility index (Phi) is 3.21. The molecule has 0 aromatic carbocycles. The number of aromatic nitrogens is 2. The molecular formula is C14H17N3O2. The van der Waals surface area contributed by atoms with E-state index in [0.717, 1.165) is 34.4 Å². The van der Waals surface area contributed by atoms with E-state index in [1.165, 1.54) is 0 Å². The van der Waals surface area contributed by atoms with Gasteiger partial charge < -0.3 is 15.2 Å². The van der Waals surface area contributed by atoms with E-state index in [1.807, 2.05) is 19.1 Å². The molecule has 100 valence electrons. The lowest BCUT2D eigenvalue weighted by molar-refractivity contribution is 0.292. The molecule has 1 aliphatic rings. The first-order valence-corrected chi connectivity index (χ1v) is 6.57. The van der Waals surface area contributed by atoms with E-state index < -0.39 is 0 Å². The van der Waals surface area contributed by atoms with Crippen LogP contribution in [0.25, 0.3) is 10.9 Å². The number of hydrogen-bond donors (Lipinski definition) is 2. The first-order chi connectivity index (χ1) is 9.29. The summed E-state index contributed by atoms with van der Waals surface area (Å²) in [5, 5.41) is 13.1. The number of aliphatic hydroxyl groups excluding tert-OH is 1. The van der Waals surface area contributed by atoms with Crippen molar-refractivity contribution < 1.29 is 9.84 Å². The summed E-state index contributed by atoms with van der Waals surface area (Å²) in [6.07, 6.45) is 1.56. The van der Waals surface area contributed by atoms with E-state index in [2.05, 4.69) is 15.3 Å². The summed E-state index contributed by atoms with van der Waals surface area (Å²) in [5.41, 5.74) is 3.08. The number of nitrogens with zero attached hydrogens (tertiary/aromatic N) is 2. The van der Waals surface area contributed by atoms with Crippen LogP contribution in [0.5, 0.6) is 5.88 Å². The molecule has 19 heavy (non-hydrogen) atoms. The molecule has 0 amide bonds. The molecule has 0 atom stereocenters. The normalized spacial score (nSPS) is 13.4. The van der Waals surface area contributed by atoms with Gasteiger partial charge in [-0.05, 0) is 25.5 Å². The molecule has 0 unspecified atom stereocenters. The molecule has 0 aliphatic carbocycles. The van der Waals surface area contributed by atoms with Crippen LogP contribution in [0, 0.1) is 6.92 Å². The molecule has 5 nitrogen and oxygen atoms in total. The molecule has 2 aromatic heterocycles. The van der Waals surface area contributed by atoms with Crippen molar-refractivity contribution in [3.8, 4) is 5.88 Å². The zero-order chi connectivity index (χ0) is 13.2. The molecule has 2 N–H and O–H groups in total. The summed E-state index contributed by atoms with van der Waals surface area (Å²) in [6, 6.07) is 4.04. The van der Waals surface area contributed by atoms with Gasteiger partial charge in [0.15, 0.2) is 0 Å². The monoisotopic (exact) mass is 259 g/mol. The lowest BCUT2D eigenvalue weighted by Gasteiger charge is -2.11. The van der Waals surface area contributed by atoms with Crippen molar-refractivity contribution in [3.63, 3.8) is 0 Å². The van der Waals surface area contributed by atoms with Crippen molar-refractivity contribution in [1.82, 2.24) is 9.97 Å². The third kappa shape index (κ3) is 2.21. The molecular weight excluding hydrogens is 242 g/mol. The Hall–Kier alpha value is -1.88. The summed E-state index contributed by atoms with van der Waals surface area (Å²) in [6.45, 7) is 3.52. The van der Waals surface area contributed by atoms with Crippen LogP contribution in [0.4, 0.5) is 5.82 Å². The van der Waals surface area contributed by atoms with Crippen molar-refractivity contribution in [2.45, 2.75) is 19.8 Å². The second-order valence-corrected chi connectivity index (χ2v) is 4.70. The fourth-order valence-corrected chi connectivity index (χ4v) is 2.32. The predicted octanol–water partition coefficient (Wildman–Crippen LogP) is 1.67. The molecule has 5 heteroatoms. The van der Waals surface area contributed by atoms with E-state index in [9.17, 15) is 0 Å². The van der Waals surface area contributed by atoms with Gasteiger partial charge in [0.1, 0.15) is 5.82 Å². The summed E-state index contributed by atoms with van der Waals surface area (Å²) in [5.74, 6) is 1.48. The highest BCUT2D eigenvalue weighted by molar-refractivity contribution is 5.93. The highest BCUT2D eigenvalue weighted by Crippen LogP contribution is 2.33. The van der Waals surface area contributed by atoms with Gasteiger partial charge in [0.2, 0.25) is 5.88 Å². The third-order valence-electron chi connectivity index (χ3n) is 3.27. The molecule has 0 saturated carbocycles. The van der Waals surface area contributed by atoms with Crippen molar-refractivity contribution in [2.24, 2.45) is 0 Å². The first-order valence-electron chi connectivity index (χ1n) is 6.57. The van der Waals surface area contributed by atoms with Gasteiger partial charge >= 0.3 is 0 Å². The average molecular weight is 259 g/mol. The number of hydrogen-bond acceptors (Lipinski definition) is 5. The fourth-order valence-electron chi connectivity index (χ4n) is 2.32. The van der Waals surface area contributed by atoms with Crippen LogP contribution in [0.3, 0.4) is 0 Å². The molecule has 1 aliphatic heterocycles. The van der Waals surface area contributed by atoms with Crippen LogP contribution in [0.2, 0.25) is 0 Å². The van der Waals surface area contributed by atoms with E-state index in [4.69, 9.17) is 9.84 Å². The van der Waals surface area contributed by atoms with Crippen molar-refractivity contribution in [2.75, 3.05) is 25.1 Å². The van der Waals surface area contributed by atoms with Crippen molar-refractivity contribution in [3.05, 3.63) is 23.4 Å². The number of aryl methyl sites for hydroxylation is 1. The Morgan fingerprint density at radius 2 is 2.26 bits per heavy atom. The second kappa shape index (κ2) is 5.01. The summed E-state index contributed by atoms with van der Waals surface area (Å²) in [4.78, 5) is 9.15. The maximum Gasteiger partial charge on any atom is 0.220 e. The SMILES string of the molecule is Cc1ccc2c(NCCCO)nc3c(c2n1)CCO3. The van der Waals surface area contributed by atoms with Gasteiger partial charge in [-0.1, -0.05) is 0 Å². The van der Waals surface area contributed by atoms with Crippen LogP contribution in [-0.4, -0.2) is 34.8 Å². The van der Waals surface area contributed by atoms with Crippen LogP contribution < -0.4 is 10.1 Å². The lowest BCUT2D eigenvalue weighted by atomic mass is 10.1. The molecule has 3 heterocycles. The van der Waals surface area contributed by atoms with Gasteiger partial charge in [0.25, 0.3) is 0 Å². The zero-order valence-electron chi connectivity index (χ0n) is 10.9. The third-order valence-corrected chi connectivity index (χ3v) is 3.27. The minimum atomic E-state index is 0.170. The van der Waals surface area contributed by atoms with Gasteiger partial charge in [0.05, 0.1) is 12.1 Å². The summed E-state index contributed by atoms with van der Waals surface area (Å²) in [7, 11) is 0. The number of anilines is 1. The van der Waals surface area contributed by atoms with Gasteiger partial charge in [-0.15, -0.1) is 0 Å². The van der Waals surface area contributed by atoms with Crippen molar-refractivity contribution in [1.29, 1.82) is 0 Å². The van der Waals surface area contributed by atoms with E-state index in [-0.39, 0.29) is 6.61 Å². The summed E-state index contributed by atoms with van der Waals surface area (Å²) < 4.78 is 5.55. The maximum atomic E-state index is 8.85. The Morgan fingerprint density at radius 3 is 3.11 bits per heavy atom. The van der Waals surface area contributed by atoms with Crippen LogP contribution >= 0.6 is 0 Å². The first kappa shape index (κ1) is 12.2. The largest absolute Gasteiger partial charge is 0.477 e. The van der Waals surface area contributed by atoms with Crippen LogP contribution in [-0.2, 0) is 6.42 Å². The number of ether oxygens (including phenoxy) is 1. The molecule has 0 bridgehead atoms. The van der Waals surface area contributed by atoms with Crippen molar-refractivity contribution >= 4 is 16.7 Å². The molecule has 2 aromatic rings. The van der Waals surface area contributed by atoms with Gasteiger partial charge in [-0.3, -0.25) is 4.98 Å². The maximum absolute atomic E-state index is 8.85. The standard InChI is InChI=1S/C14H17N3O2/c1-9-3-4-10-12(16-9)11-5-8-19-14(11)17-13(10)15-6-2-7-18/h3-4,18H,2,5-8H2,1H3,(H,15,17). The minimum absolute atomic E-state index is 0.170. The van der Waals surface area contributed by atoms with E-state index in [0.29, 0.717) is 25.5 Å². The molecule has 0 spiro atoms. The molecule has 0 radical (unpaired) electrons. The molecule has 3 rings (SSSR count). The van der Waals surface area contributed by atoms with Crippen LogP contribution in [0.15, 0.2) is 12.1 Å². The smallest absolute Gasteiger partial charge is 0.220 e. The number of nitrogens with one attached hydrogen (secondary N) is 1. The van der Waals surface area contributed by atoms with E-state index in [1.54, 1.807) is 0 Å². The molecule has 0 fully saturated rings. The second-order valence-electron chi connectivity index (χ2n) is 4.70. The quantitative estimate of drug-likeness (QED) is 0.817. The molecule has 0 saturated heterocycles. The highest BCUT2D eigenvalue weighted by Gasteiger charge is 2.20. The zero-order valence-corrected chi connectivity index (χ0v) is 10.9. The Bertz CT molecular complexity index is 613. The summed E-state index contributed by atoms with van der Waals surface area (Å²) >= 11 is 0. The fraction of sp³-hybridized carbons (Fsp3) is 0.429. The number of aliphatic hydroxyl groups is 1. The van der Waals surface area contributed by atoms with Gasteiger partial charge in [0, 0.05) is 36.2 Å². The predicted molar refractivity (Wildman–Crippen MR) is 73.7 cm³/mol. The van der Waals surface area contributed by atoms with E-state index >= 15 is 0 Å². The van der Waals surface area contributed by atoms with Gasteiger partial charge in [-0.25, -0.2) is 0 Å². The Morgan fingerprint density at radius 1 is 1.37 bits per heavy atom. The minimum Gasteiger partial charge on any atom is -0.477 e. The van der Waals surface area contributed by atoms with Crippen LogP contribution in [0.1, 0.15) is 17.7 Å². The Balaban J connectivity index is 2.09. The number of rotatable bonds is 4. The lowest BCUT2D eigenvalue weighted by Crippen LogP contribution is -2.06. The Labute approximate surface area is 111 Å². The number of pyridine rings is 2. The highest BCUT2D eigenvalue weighted by atomic mass is 16.5. The van der Waals surface area contributed by atoms with Gasteiger partial charge in [-0.2, -0.15) is 4.98 Å². The number of fused-ring (bicyclic) bond motifs is 3. The topological polar surface area (TPSA) is 67.3 Å². The average Bonchev–Trinajstić information content (AvgIpc) is 2.87.